The van der Waals surface area contributed by atoms with Gasteiger partial charge in [-0.25, -0.2) is 9.38 Å². The molecule has 2 unspecified atom stereocenters. The van der Waals surface area contributed by atoms with Gasteiger partial charge in [0, 0.05) is 13.1 Å². The number of aliphatic imine (C=N–C) groups is 1. The van der Waals surface area contributed by atoms with Crippen molar-refractivity contribution in [3.05, 3.63) is 71.5 Å². The van der Waals surface area contributed by atoms with Crippen molar-refractivity contribution < 1.29 is 14.2 Å². The summed E-state index contributed by atoms with van der Waals surface area (Å²) in [6, 6.07) is 16.2. The number of halogens is 2. The Hall–Kier alpha value is -1.71. The van der Waals surface area contributed by atoms with Crippen LogP contribution in [0, 0.1) is 5.82 Å². The molecule has 0 aliphatic carbocycles. The maximum atomic E-state index is 13.2. The molecule has 0 amide bonds. The lowest BCUT2D eigenvalue weighted by Gasteiger charge is -2.18. The SMILES string of the molecule is CCNC(=NCc1cccc(F)c1)NCC(O)COC(C)c1ccccc1.I. The van der Waals surface area contributed by atoms with Crippen LogP contribution >= 0.6 is 24.0 Å². The summed E-state index contributed by atoms with van der Waals surface area (Å²) < 4.78 is 19.0. The van der Waals surface area contributed by atoms with Gasteiger partial charge in [-0.3, -0.25) is 0 Å². The lowest BCUT2D eigenvalue weighted by molar-refractivity contribution is -0.000599. The van der Waals surface area contributed by atoms with E-state index in [1.54, 1.807) is 6.07 Å². The van der Waals surface area contributed by atoms with Crippen LogP contribution in [0.25, 0.3) is 0 Å². The molecule has 0 aliphatic rings. The molecular formula is C21H29FIN3O2. The molecule has 3 N–H and O–H groups in total. The maximum Gasteiger partial charge on any atom is 0.191 e. The van der Waals surface area contributed by atoms with E-state index >= 15 is 0 Å². The van der Waals surface area contributed by atoms with Crippen molar-refractivity contribution in [2.45, 2.75) is 32.6 Å². The minimum absolute atomic E-state index is 0. The highest BCUT2D eigenvalue weighted by Crippen LogP contribution is 2.15. The van der Waals surface area contributed by atoms with Crippen molar-refractivity contribution in [3.63, 3.8) is 0 Å². The number of aliphatic hydroxyl groups is 1. The van der Waals surface area contributed by atoms with Crippen molar-refractivity contribution in [1.29, 1.82) is 0 Å². The molecule has 0 saturated carbocycles. The molecule has 0 radical (unpaired) electrons. The van der Waals surface area contributed by atoms with E-state index < -0.39 is 6.10 Å². The summed E-state index contributed by atoms with van der Waals surface area (Å²) in [4.78, 5) is 4.42. The third-order valence-electron chi connectivity index (χ3n) is 3.97. The fourth-order valence-corrected chi connectivity index (χ4v) is 2.50. The molecule has 2 atom stereocenters. The number of nitrogens with one attached hydrogen (secondary N) is 2. The third-order valence-corrected chi connectivity index (χ3v) is 3.97. The van der Waals surface area contributed by atoms with Crippen molar-refractivity contribution in [3.8, 4) is 0 Å². The Labute approximate surface area is 183 Å². The second-order valence-corrected chi connectivity index (χ2v) is 6.25. The van der Waals surface area contributed by atoms with Crippen LogP contribution in [0.4, 0.5) is 4.39 Å². The van der Waals surface area contributed by atoms with Crippen molar-refractivity contribution in [2.24, 2.45) is 4.99 Å². The molecule has 0 fully saturated rings. The van der Waals surface area contributed by atoms with E-state index in [4.69, 9.17) is 4.74 Å². The number of ether oxygens (including phenoxy) is 1. The van der Waals surface area contributed by atoms with Crippen LogP contribution in [-0.4, -0.2) is 36.9 Å². The van der Waals surface area contributed by atoms with Gasteiger partial charge in [-0.2, -0.15) is 0 Å². The number of hydrogen-bond donors (Lipinski definition) is 3. The van der Waals surface area contributed by atoms with Gasteiger partial charge in [-0.1, -0.05) is 42.5 Å². The summed E-state index contributed by atoms with van der Waals surface area (Å²) in [6.45, 7) is 5.47. The average Bonchev–Trinajstić information content (AvgIpc) is 2.69. The minimum Gasteiger partial charge on any atom is -0.389 e. The molecule has 0 aromatic heterocycles. The second kappa shape index (κ2) is 13.5. The van der Waals surface area contributed by atoms with Crippen molar-refractivity contribution in [2.75, 3.05) is 19.7 Å². The van der Waals surface area contributed by atoms with Gasteiger partial charge in [0.15, 0.2) is 5.96 Å². The average molecular weight is 501 g/mol. The number of rotatable bonds is 9. The van der Waals surface area contributed by atoms with Gasteiger partial charge in [0.1, 0.15) is 5.82 Å². The number of hydrogen-bond acceptors (Lipinski definition) is 3. The maximum absolute atomic E-state index is 13.2. The normalized spacial score (nSPS) is 13.4. The molecule has 0 aliphatic heterocycles. The van der Waals surface area contributed by atoms with E-state index in [-0.39, 0.29) is 42.5 Å². The molecule has 7 heteroatoms. The zero-order valence-corrected chi connectivity index (χ0v) is 18.6. The topological polar surface area (TPSA) is 65.9 Å². The van der Waals surface area contributed by atoms with Gasteiger partial charge in [0.05, 0.1) is 25.4 Å². The summed E-state index contributed by atoms with van der Waals surface area (Å²) in [5, 5.41) is 16.4. The van der Waals surface area contributed by atoms with E-state index in [0.717, 1.165) is 11.1 Å². The third kappa shape index (κ3) is 8.99. The number of aliphatic hydroxyl groups excluding tert-OH is 1. The lowest BCUT2D eigenvalue weighted by atomic mass is 10.1. The van der Waals surface area contributed by atoms with Crippen LogP contribution in [0.5, 0.6) is 0 Å². The van der Waals surface area contributed by atoms with Gasteiger partial charge in [0.25, 0.3) is 0 Å². The Bertz CT molecular complexity index is 716. The fraction of sp³-hybridized carbons (Fsp3) is 0.381. The summed E-state index contributed by atoms with van der Waals surface area (Å²) in [7, 11) is 0. The lowest BCUT2D eigenvalue weighted by Crippen LogP contribution is -2.42. The molecule has 28 heavy (non-hydrogen) atoms. The van der Waals surface area contributed by atoms with Crippen molar-refractivity contribution >= 4 is 29.9 Å². The van der Waals surface area contributed by atoms with Crippen LogP contribution in [0.1, 0.15) is 31.1 Å². The summed E-state index contributed by atoms with van der Waals surface area (Å²) in [6.07, 6.45) is -0.759. The molecule has 0 bridgehead atoms. The number of guanidine groups is 1. The van der Waals surface area contributed by atoms with Crippen molar-refractivity contribution in [1.82, 2.24) is 10.6 Å². The molecule has 0 saturated heterocycles. The van der Waals surface area contributed by atoms with Gasteiger partial charge in [-0.05, 0) is 37.1 Å². The molecular weight excluding hydrogens is 472 g/mol. The van der Waals surface area contributed by atoms with Gasteiger partial charge in [-0.15, -0.1) is 24.0 Å². The predicted octanol–water partition coefficient (Wildman–Crippen LogP) is 3.64. The van der Waals surface area contributed by atoms with Crippen LogP contribution in [0.3, 0.4) is 0 Å². The Morgan fingerprint density at radius 2 is 1.89 bits per heavy atom. The molecule has 2 rings (SSSR count). The Morgan fingerprint density at radius 1 is 1.14 bits per heavy atom. The van der Waals surface area contributed by atoms with E-state index in [2.05, 4.69) is 15.6 Å². The summed E-state index contributed by atoms with van der Waals surface area (Å²) in [5.41, 5.74) is 1.86. The number of nitrogens with zero attached hydrogens (tertiary/aromatic N) is 1. The largest absolute Gasteiger partial charge is 0.389 e. The molecule has 2 aromatic carbocycles. The Morgan fingerprint density at radius 3 is 2.57 bits per heavy atom. The van der Waals surface area contributed by atoms with E-state index in [1.165, 1.54) is 12.1 Å². The molecule has 2 aromatic rings. The quantitative estimate of drug-likeness (QED) is 0.279. The fourth-order valence-electron chi connectivity index (χ4n) is 2.50. The molecule has 154 valence electrons. The summed E-state index contributed by atoms with van der Waals surface area (Å²) in [5.74, 6) is 0.290. The second-order valence-electron chi connectivity index (χ2n) is 6.25. The van der Waals surface area contributed by atoms with Gasteiger partial charge in [0.2, 0.25) is 0 Å². The number of benzene rings is 2. The highest BCUT2D eigenvalue weighted by atomic mass is 127. The summed E-state index contributed by atoms with van der Waals surface area (Å²) >= 11 is 0. The monoisotopic (exact) mass is 501 g/mol. The van der Waals surface area contributed by atoms with E-state index in [1.807, 2.05) is 50.2 Å². The van der Waals surface area contributed by atoms with E-state index in [0.29, 0.717) is 25.6 Å². The highest BCUT2D eigenvalue weighted by molar-refractivity contribution is 14.0. The zero-order valence-electron chi connectivity index (χ0n) is 16.3. The zero-order chi connectivity index (χ0) is 19.5. The smallest absolute Gasteiger partial charge is 0.191 e. The van der Waals surface area contributed by atoms with E-state index in [9.17, 15) is 9.50 Å². The molecule has 0 heterocycles. The first kappa shape index (κ1) is 24.3. The van der Waals surface area contributed by atoms with Crippen LogP contribution in [-0.2, 0) is 11.3 Å². The Kier molecular flexibility index (Phi) is 11.7. The standard InChI is InChI=1S/C21H28FN3O2.HI/c1-3-23-21(24-13-17-8-7-11-19(22)12-17)25-14-20(26)15-27-16(2)18-9-5-4-6-10-18;/h4-12,16,20,26H,3,13-15H2,1-2H3,(H2,23,24,25);1H. The first-order valence-corrected chi connectivity index (χ1v) is 9.19. The first-order chi connectivity index (χ1) is 13.1. The first-order valence-electron chi connectivity index (χ1n) is 9.19. The van der Waals surface area contributed by atoms with Crippen LogP contribution in [0.2, 0.25) is 0 Å². The highest BCUT2D eigenvalue weighted by Gasteiger charge is 2.10. The van der Waals surface area contributed by atoms with Gasteiger partial charge >= 0.3 is 0 Å². The van der Waals surface area contributed by atoms with Crippen LogP contribution in [0.15, 0.2) is 59.6 Å². The molecule has 5 nitrogen and oxygen atoms in total. The Balaban J connectivity index is 0.00000392. The van der Waals surface area contributed by atoms with Gasteiger partial charge < -0.3 is 20.5 Å². The van der Waals surface area contributed by atoms with Crippen LogP contribution < -0.4 is 10.6 Å². The molecule has 0 spiro atoms. The predicted molar refractivity (Wildman–Crippen MR) is 121 cm³/mol. The minimum atomic E-state index is -0.672.